The number of hydrogen-bond donors (Lipinski definition) is 3. The van der Waals surface area contributed by atoms with Crippen LogP contribution >= 0.6 is 0 Å². The van der Waals surface area contributed by atoms with Crippen LogP contribution in [-0.4, -0.2) is 16.9 Å². The molecule has 0 radical (unpaired) electrons. The van der Waals surface area contributed by atoms with Crippen molar-refractivity contribution in [2.75, 3.05) is 0 Å². The zero-order chi connectivity index (χ0) is 11.5. The van der Waals surface area contributed by atoms with Crippen molar-refractivity contribution < 1.29 is 14.7 Å². The molecule has 0 heterocycles. The highest BCUT2D eigenvalue weighted by molar-refractivity contribution is 5.96. The van der Waals surface area contributed by atoms with E-state index >= 15 is 0 Å². The number of aromatic hydroxyl groups is 1. The van der Waals surface area contributed by atoms with Gasteiger partial charge in [0.25, 0.3) is 5.91 Å². The molecule has 5 nitrogen and oxygen atoms in total. The fourth-order valence-corrected chi connectivity index (χ4v) is 1.29. The maximum atomic E-state index is 11.5. The summed E-state index contributed by atoms with van der Waals surface area (Å²) in [4.78, 5) is 22.7. The van der Waals surface area contributed by atoms with E-state index in [4.69, 9.17) is 0 Å². The number of nitrogens with one attached hydrogen (secondary N) is 2. The second-order valence-electron chi connectivity index (χ2n) is 3.77. The number of carbonyl (C=O) groups excluding carboxylic acids is 2. The third-order valence-electron chi connectivity index (χ3n) is 2.36. The molecule has 1 fully saturated rings. The summed E-state index contributed by atoms with van der Waals surface area (Å²) < 4.78 is 0. The van der Waals surface area contributed by atoms with Crippen molar-refractivity contribution in [2.45, 2.75) is 12.8 Å². The van der Waals surface area contributed by atoms with Crippen LogP contribution in [0, 0.1) is 5.92 Å². The highest BCUT2D eigenvalue weighted by Gasteiger charge is 2.29. The van der Waals surface area contributed by atoms with Crippen molar-refractivity contribution in [1.82, 2.24) is 10.9 Å². The van der Waals surface area contributed by atoms with Crippen LogP contribution in [0.1, 0.15) is 23.2 Å². The summed E-state index contributed by atoms with van der Waals surface area (Å²) in [5, 5.41) is 9.17. The van der Waals surface area contributed by atoms with Gasteiger partial charge in [-0.05, 0) is 31.0 Å². The van der Waals surface area contributed by atoms with E-state index in [-0.39, 0.29) is 17.6 Å². The monoisotopic (exact) mass is 220 g/mol. The van der Waals surface area contributed by atoms with Crippen LogP contribution in [0.15, 0.2) is 24.3 Å². The Bertz CT molecular complexity index is 427. The molecule has 0 spiro atoms. The van der Waals surface area contributed by atoms with E-state index in [1.54, 1.807) is 12.1 Å². The predicted molar refractivity (Wildman–Crippen MR) is 56.4 cm³/mol. The van der Waals surface area contributed by atoms with Crippen LogP contribution < -0.4 is 10.9 Å². The Kier molecular flexibility index (Phi) is 2.76. The van der Waals surface area contributed by atoms with Gasteiger partial charge in [0.05, 0.1) is 0 Å². The van der Waals surface area contributed by atoms with Crippen molar-refractivity contribution in [2.24, 2.45) is 5.92 Å². The summed E-state index contributed by atoms with van der Waals surface area (Å²) in [5.41, 5.74) is 4.94. The summed E-state index contributed by atoms with van der Waals surface area (Å²) in [7, 11) is 0. The Morgan fingerprint density at radius 2 is 2.00 bits per heavy atom. The fraction of sp³-hybridized carbons (Fsp3) is 0.273. The lowest BCUT2D eigenvalue weighted by molar-refractivity contribution is -0.123. The number of hydrogen-bond acceptors (Lipinski definition) is 3. The maximum absolute atomic E-state index is 11.5. The Hall–Kier alpha value is -2.04. The van der Waals surface area contributed by atoms with Crippen LogP contribution in [-0.2, 0) is 4.79 Å². The average Bonchev–Trinajstić information content (AvgIpc) is 3.09. The summed E-state index contributed by atoms with van der Waals surface area (Å²) in [6.45, 7) is 0. The quantitative estimate of drug-likeness (QED) is 0.637. The number of phenols is 1. The third-order valence-corrected chi connectivity index (χ3v) is 2.36. The molecule has 0 aromatic heterocycles. The number of carbonyl (C=O) groups is 2. The zero-order valence-corrected chi connectivity index (χ0v) is 8.56. The molecule has 0 saturated heterocycles. The first-order valence-electron chi connectivity index (χ1n) is 5.06. The van der Waals surface area contributed by atoms with E-state index in [2.05, 4.69) is 10.9 Å². The molecule has 3 N–H and O–H groups in total. The fourth-order valence-electron chi connectivity index (χ4n) is 1.29. The number of hydrazine groups is 1. The lowest BCUT2D eigenvalue weighted by atomic mass is 10.2. The van der Waals surface area contributed by atoms with Gasteiger partial charge in [-0.15, -0.1) is 0 Å². The van der Waals surface area contributed by atoms with E-state index in [9.17, 15) is 14.7 Å². The molecule has 16 heavy (non-hydrogen) atoms. The molecule has 2 rings (SSSR count). The van der Waals surface area contributed by atoms with E-state index in [0.717, 1.165) is 12.8 Å². The first-order chi connectivity index (χ1) is 7.66. The van der Waals surface area contributed by atoms with Gasteiger partial charge in [0.15, 0.2) is 0 Å². The number of amides is 2. The molecule has 0 atom stereocenters. The van der Waals surface area contributed by atoms with Gasteiger partial charge in [-0.3, -0.25) is 20.4 Å². The molecule has 0 bridgehead atoms. The Labute approximate surface area is 92.4 Å². The highest BCUT2D eigenvalue weighted by Crippen LogP contribution is 2.28. The minimum atomic E-state index is -0.440. The van der Waals surface area contributed by atoms with Crippen LogP contribution in [0.3, 0.4) is 0 Å². The topological polar surface area (TPSA) is 78.4 Å². The van der Waals surface area contributed by atoms with Crippen LogP contribution in [0.5, 0.6) is 5.75 Å². The van der Waals surface area contributed by atoms with Gasteiger partial charge in [-0.25, -0.2) is 0 Å². The van der Waals surface area contributed by atoms with E-state index < -0.39 is 5.91 Å². The van der Waals surface area contributed by atoms with E-state index in [0.29, 0.717) is 5.56 Å². The lowest BCUT2D eigenvalue weighted by Crippen LogP contribution is -2.42. The number of benzene rings is 1. The first-order valence-corrected chi connectivity index (χ1v) is 5.06. The minimum absolute atomic E-state index is 0.0150. The molecule has 2 amide bonds. The molecular formula is C11H12N2O3. The van der Waals surface area contributed by atoms with Gasteiger partial charge in [0.2, 0.25) is 5.91 Å². The molecule has 0 unspecified atom stereocenters. The highest BCUT2D eigenvalue weighted by atomic mass is 16.3. The average molecular weight is 220 g/mol. The van der Waals surface area contributed by atoms with E-state index in [1.165, 1.54) is 12.1 Å². The summed E-state index contributed by atoms with van der Waals surface area (Å²) >= 11 is 0. The summed E-state index contributed by atoms with van der Waals surface area (Å²) in [6, 6.07) is 5.92. The molecule has 5 heteroatoms. The first kappa shape index (κ1) is 10.5. The molecule has 1 aliphatic carbocycles. The Morgan fingerprint density at radius 3 is 2.62 bits per heavy atom. The molecular weight excluding hydrogens is 208 g/mol. The number of rotatable bonds is 2. The molecule has 0 aliphatic heterocycles. The van der Waals surface area contributed by atoms with Crippen LogP contribution in [0.2, 0.25) is 0 Å². The van der Waals surface area contributed by atoms with Crippen molar-refractivity contribution in [3.63, 3.8) is 0 Å². The van der Waals surface area contributed by atoms with Crippen molar-refractivity contribution in [3.8, 4) is 5.75 Å². The zero-order valence-electron chi connectivity index (χ0n) is 8.56. The van der Waals surface area contributed by atoms with Gasteiger partial charge < -0.3 is 5.11 Å². The summed E-state index contributed by atoms with van der Waals surface area (Å²) in [6.07, 6.45) is 1.77. The molecule has 84 valence electrons. The van der Waals surface area contributed by atoms with Crippen molar-refractivity contribution in [3.05, 3.63) is 29.8 Å². The van der Waals surface area contributed by atoms with Gasteiger partial charge in [0, 0.05) is 11.5 Å². The molecule has 1 aromatic carbocycles. The minimum Gasteiger partial charge on any atom is -0.508 e. The standard InChI is InChI=1S/C11H12N2O3/c14-9-3-1-2-8(6-9)11(16)13-12-10(15)7-4-5-7/h1-3,6-7,14H,4-5H2,(H,12,15)(H,13,16). The van der Waals surface area contributed by atoms with Gasteiger partial charge >= 0.3 is 0 Å². The lowest BCUT2D eigenvalue weighted by Gasteiger charge is -2.06. The Balaban J connectivity index is 1.89. The largest absolute Gasteiger partial charge is 0.508 e. The predicted octanol–water partition coefficient (Wildman–Crippen LogP) is 0.563. The molecule has 1 aromatic rings. The van der Waals surface area contributed by atoms with Gasteiger partial charge in [0.1, 0.15) is 5.75 Å². The van der Waals surface area contributed by atoms with Crippen LogP contribution in [0.25, 0.3) is 0 Å². The smallest absolute Gasteiger partial charge is 0.269 e. The Morgan fingerprint density at radius 1 is 1.25 bits per heavy atom. The normalized spacial score (nSPS) is 14.2. The van der Waals surface area contributed by atoms with Crippen molar-refractivity contribution >= 4 is 11.8 Å². The second kappa shape index (κ2) is 4.22. The maximum Gasteiger partial charge on any atom is 0.269 e. The van der Waals surface area contributed by atoms with Crippen molar-refractivity contribution in [1.29, 1.82) is 0 Å². The number of phenolic OH excluding ortho intramolecular Hbond substituents is 1. The van der Waals surface area contributed by atoms with E-state index in [1.807, 2.05) is 0 Å². The second-order valence-corrected chi connectivity index (χ2v) is 3.77. The van der Waals surface area contributed by atoms with Gasteiger partial charge in [-0.2, -0.15) is 0 Å². The van der Waals surface area contributed by atoms with Gasteiger partial charge in [-0.1, -0.05) is 6.07 Å². The SMILES string of the molecule is O=C(NNC(=O)C1CC1)c1cccc(O)c1. The third kappa shape index (κ3) is 2.50. The summed E-state index contributed by atoms with van der Waals surface area (Å²) in [5.74, 6) is -0.538. The molecule has 1 saturated carbocycles. The van der Waals surface area contributed by atoms with Crippen LogP contribution in [0.4, 0.5) is 0 Å². The molecule has 1 aliphatic rings.